The van der Waals surface area contributed by atoms with Crippen LogP contribution in [0.4, 0.5) is 5.69 Å². The maximum atomic E-state index is 10.9. The van der Waals surface area contributed by atoms with Gasteiger partial charge in [-0.3, -0.25) is 14.9 Å². The maximum absolute atomic E-state index is 10.9. The molecule has 2 rings (SSSR count). The highest BCUT2D eigenvalue weighted by molar-refractivity contribution is 6.32. The molecule has 0 spiro atoms. The molecule has 0 aliphatic heterocycles. The summed E-state index contributed by atoms with van der Waals surface area (Å²) in [6.45, 7) is 1.55. The fraction of sp³-hybridized carbons (Fsp3) is 0.167. The Balaban J connectivity index is 2.38. The van der Waals surface area contributed by atoms with Crippen molar-refractivity contribution < 1.29 is 14.8 Å². The van der Waals surface area contributed by atoms with Crippen molar-refractivity contribution in [3.63, 3.8) is 0 Å². The first kappa shape index (κ1) is 14.0. The summed E-state index contributed by atoms with van der Waals surface area (Å²) in [5, 5.41) is 23.7. The Morgan fingerprint density at radius 3 is 2.75 bits per heavy atom. The molecule has 0 aliphatic rings. The van der Waals surface area contributed by atoms with E-state index in [2.05, 4.69) is 5.10 Å². The molecule has 0 amide bonds. The summed E-state index contributed by atoms with van der Waals surface area (Å²) in [5.74, 6) is -1.64. The van der Waals surface area contributed by atoms with Crippen LogP contribution in [-0.4, -0.2) is 25.8 Å². The van der Waals surface area contributed by atoms with Crippen LogP contribution < -0.4 is 0 Å². The van der Waals surface area contributed by atoms with Gasteiger partial charge in [0.15, 0.2) is 0 Å². The molecule has 8 heteroatoms. The molecule has 1 heterocycles. The highest BCUT2D eigenvalue weighted by Gasteiger charge is 2.16. The van der Waals surface area contributed by atoms with E-state index in [-0.39, 0.29) is 10.7 Å². The Bertz CT molecular complexity index is 683. The van der Waals surface area contributed by atoms with E-state index in [9.17, 15) is 14.9 Å². The number of carboxylic acid groups (broad SMARTS) is 1. The van der Waals surface area contributed by atoms with Gasteiger partial charge in [-0.05, 0) is 24.6 Å². The van der Waals surface area contributed by atoms with Gasteiger partial charge in [0.05, 0.1) is 21.6 Å². The zero-order valence-electron chi connectivity index (χ0n) is 10.4. The van der Waals surface area contributed by atoms with E-state index >= 15 is 0 Å². The molecule has 7 nitrogen and oxygen atoms in total. The van der Waals surface area contributed by atoms with E-state index in [1.54, 1.807) is 19.1 Å². The Labute approximate surface area is 118 Å². The van der Waals surface area contributed by atoms with E-state index in [0.29, 0.717) is 11.3 Å². The van der Waals surface area contributed by atoms with Gasteiger partial charge in [0, 0.05) is 0 Å². The largest absolute Gasteiger partial charge is 0.481 e. The molecule has 1 atom stereocenters. The van der Waals surface area contributed by atoms with Crippen molar-refractivity contribution in [3.8, 4) is 5.69 Å². The first-order valence-electron chi connectivity index (χ1n) is 5.62. The van der Waals surface area contributed by atoms with Crippen molar-refractivity contribution in [3.05, 3.63) is 51.3 Å². The van der Waals surface area contributed by atoms with Crippen molar-refractivity contribution in [1.29, 1.82) is 0 Å². The SMILES string of the molecule is CC(C(=O)O)c1ccc(-n2cc([N+](=O)[O-])cn2)c(Cl)c1. The lowest BCUT2D eigenvalue weighted by atomic mass is 10.0. The smallest absolute Gasteiger partial charge is 0.310 e. The van der Waals surface area contributed by atoms with Crippen LogP contribution in [-0.2, 0) is 4.79 Å². The van der Waals surface area contributed by atoms with Gasteiger partial charge in [-0.15, -0.1) is 0 Å². The fourth-order valence-corrected chi connectivity index (χ4v) is 1.94. The normalized spacial score (nSPS) is 12.1. The second-order valence-corrected chi connectivity index (χ2v) is 4.58. The number of nitro groups is 1. The van der Waals surface area contributed by atoms with Gasteiger partial charge in [0.25, 0.3) is 0 Å². The molecule has 0 fully saturated rings. The third-order valence-corrected chi connectivity index (χ3v) is 3.17. The predicted octanol–water partition coefficient (Wildman–Crippen LogP) is 2.62. The minimum atomic E-state index is -0.955. The zero-order valence-corrected chi connectivity index (χ0v) is 11.1. The molecule has 0 aliphatic carbocycles. The predicted molar refractivity (Wildman–Crippen MR) is 71.3 cm³/mol. The quantitative estimate of drug-likeness (QED) is 0.690. The molecule has 104 valence electrons. The van der Waals surface area contributed by atoms with Crippen LogP contribution in [0.15, 0.2) is 30.6 Å². The van der Waals surface area contributed by atoms with Gasteiger partial charge < -0.3 is 5.11 Å². The van der Waals surface area contributed by atoms with E-state index in [0.717, 1.165) is 6.20 Å². The van der Waals surface area contributed by atoms with E-state index in [1.165, 1.54) is 16.9 Å². The lowest BCUT2D eigenvalue weighted by Crippen LogP contribution is -2.07. The summed E-state index contributed by atoms with van der Waals surface area (Å²) >= 11 is 6.08. The lowest BCUT2D eigenvalue weighted by Gasteiger charge is -2.09. The Morgan fingerprint density at radius 2 is 2.25 bits per heavy atom. The van der Waals surface area contributed by atoms with Gasteiger partial charge >= 0.3 is 11.7 Å². The van der Waals surface area contributed by atoms with Crippen molar-refractivity contribution in [2.24, 2.45) is 0 Å². The van der Waals surface area contributed by atoms with Crippen LogP contribution >= 0.6 is 11.6 Å². The van der Waals surface area contributed by atoms with Gasteiger partial charge in [-0.1, -0.05) is 17.7 Å². The summed E-state index contributed by atoms with van der Waals surface area (Å²) in [4.78, 5) is 21.0. The van der Waals surface area contributed by atoms with Crippen LogP contribution in [0, 0.1) is 10.1 Å². The number of hydrogen-bond donors (Lipinski definition) is 1. The lowest BCUT2D eigenvalue weighted by molar-refractivity contribution is -0.384. The maximum Gasteiger partial charge on any atom is 0.310 e. The van der Waals surface area contributed by atoms with Crippen molar-refractivity contribution in [2.75, 3.05) is 0 Å². The minimum absolute atomic E-state index is 0.149. The Hall–Kier alpha value is -2.41. The molecule has 1 aromatic heterocycles. The number of benzene rings is 1. The molecule has 0 saturated heterocycles. The highest BCUT2D eigenvalue weighted by atomic mass is 35.5. The number of carbonyl (C=O) groups is 1. The van der Waals surface area contributed by atoms with E-state index < -0.39 is 16.8 Å². The zero-order chi connectivity index (χ0) is 14.9. The van der Waals surface area contributed by atoms with Gasteiger partial charge in [-0.25, -0.2) is 4.68 Å². The number of carboxylic acids is 1. The van der Waals surface area contributed by atoms with Crippen LogP contribution in [0.1, 0.15) is 18.4 Å². The monoisotopic (exact) mass is 295 g/mol. The van der Waals surface area contributed by atoms with Gasteiger partial charge in [0.2, 0.25) is 0 Å². The van der Waals surface area contributed by atoms with Crippen LogP contribution in [0.2, 0.25) is 5.02 Å². The summed E-state index contributed by atoms with van der Waals surface area (Å²) in [6, 6.07) is 4.70. The fourth-order valence-electron chi connectivity index (χ4n) is 1.66. The van der Waals surface area contributed by atoms with Crippen LogP contribution in [0.25, 0.3) is 5.69 Å². The standard InChI is InChI=1S/C12H10ClN3O4/c1-7(12(17)18)8-2-3-11(10(13)4-8)15-6-9(5-14-15)16(19)20/h2-7H,1H3,(H,17,18). The second-order valence-electron chi connectivity index (χ2n) is 4.17. The van der Waals surface area contributed by atoms with Gasteiger partial charge in [0.1, 0.15) is 12.4 Å². The molecule has 1 N–H and O–H groups in total. The molecular formula is C12H10ClN3O4. The number of halogens is 1. The molecule has 20 heavy (non-hydrogen) atoms. The van der Waals surface area contributed by atoms with Crippen LogP contribution in [0.5, 0.6) is 0 Å². The topological polar surface area (TPSA) is 98.3 Å². The van der Waals surface area contributed by atoms with E-state index in [1.807, 2.05) is 0 Å². The molecule has 0 saturated carbocycles. The number of aliphatic carboxylic acids is 1. The molecule has 2 aromatic rings. The van der Waals surface area contributed by atoms with Crippen molar-refractivity contribution >= 4 is 23.3 Å². The Morgan fingerprint density at radius 1 is 1.55 bits per heavy atom. The number of nitrogens with zero attached hydrogens (tertiary/aromatic N) is 3. The third-order valence-electron chi connectivity index (χ3n) is 2.87. The average molecular weight is 296 g/mol. The van der Waals surface area contributed by atoms with Gasteiger partial charge in [-0.2, -0.15) is 5.10 Å². The van der Waals surface area contributed by atoms with E-state index in [4.69, 9.17) is 16.7 Å². The first-order valence-corrected chi connectivity index (χ1v) is 5.99. The van der Waals surface area contributed by atoms with Crippen molar-refractivity contribution in [1.82, 2.24) is 9.78 Å². The summed E-state index contributed by atoms with van der Waals surface area (Å²) in [5.41, 5.74) is 0.845. The summed E-state index contributed by atoms with van der Waals surface area (Å²) < 4.78 is 1.27. The summed E-state index contributed by atoms with van der Waals surface area (Å²) in [7, 11) is 0. The Kier molecular flexibility index (Phi) is 3.71. The molecule has 1 aromatic carbocycles. The number of rotatable bonds is 4. The highest BCUT2D eigenvalue weighted by Crippen LogP contribution is 2.26. The molecule has 0 bridgehead atoms. The molecule has 0 radical (unpaired) electrons. The molecule has 1 unspecified atom stereocenters. The number of aromatic nitrogens is 2. The average Bonchev–Trinajstić information content (AvgIpc) is 2.87. The minimum Gasteiger partial charge on any atom is -0.481 e. The summed E-state index contributed by atoms with van der Waals surface area (Å²) in [6.07, 6.45) is 2.35. The third kappa shape index (κ3) is 2.62. The molecular weight excluding hydrogens is 286 g/mol. The second kappa shape index (κ2) is 5.30. The first-order chi connectivity index (χ1) is 9.40. The number of hydrogen-bond acceptors (Lipinski definition) is 4. The van der Waals surface area contributed by atoms with Crippen LogP contribution in [0.3, 0.4) is 0 Å². The van der Waals surface area contributed by atoms with Crippen molar-refractivity contribution in [2.45, 2.75) is 12.8 Å².